The monoisotopic (exact) mass is 400 g/mol. The third-order valence-corrected chi connectivity index (χ3v) is 4.68. The smallest absolute Gasteiger partial charge is 0.310 e. The van der Waals surface area contributed by atoms with Crippen molar-refractivity contribution in [2.24, 2.45) is 0 Å². The summed E-state index contributed by atoms with van der Waals surface area (Å²) in [5, 5.41) is 11.0. The molecule has 30 heavy (non-hydrogen) atoms. The normalized spacial score (nSPS) is 11.7. The van der Waals surface area contributed by atoms with Gasteiger partial charge in [0.15, 0.2) is 6.73 Å². The molecule has 0 aliphatic heterocycles. The van der Waals surface area contributed by atoms with Crippen molar-refractivity contribution in [3.05, 3.63) is 96.1 Å². The van der Waals surface area contributed by atoms with E-state index in [-0.39, 0.29) is 19.1 Å². The number of carbonyl (C=O) groups is 2. The van der Waals surface area contributed by atoms with E-state index in [4.69, 9.17) is 4.74 Å². The van der Waals surface area contributed by atoms with Crippen molar-refractivity contribution in [1.82, 2.24) is 20.3 Å². The summed E-state index contributed by atoms with van der Waals surface area (Å²) in [6, 6.07) is 25.2. The van der Waals surface area contributed by atoms with E-state index in [0.717, 1.165) is 16.6 Å². The Morgan fingerprint density at radius 2 is 1.57 bits per heavy atom. The highest BCUT2D eigenvalue weighted by Gasteiger charge is 2.20. The number of ether oxygens (including phenoxy) is 1. The van der Waals surface area contributed by atoms with E-state index in [1.807, 2.05) is 60.7 Å². The van der Waals surface area contributed by atoms with Gasteiger partial charge in [0.1, 0.15) is 5.52 Å². The van der Waals surface area contributed by atoms with Gasteiger partial charge in [-0.1, -0.05) is 65.9 Å². The number of amides is 1. The lowest BCUT2D eigenvalue weighted by Crippen LogP contribution is -2.30. The van der Waals surface area contributed by atoms with Crippen LogP contribution in [0.15, 0.2) is 84.9 Å². The molecule has 3 aromatic carbocycles. The number of hydrogen-bond acceptors (Lipinski definition) is 5. The first kappa shape index (κ1) is 19.3. The van der Waals surface area contributed by atoms with Crippen molar-refractivity contribution < 1.29 is 14.3 Å². The molecule has 0 saturated heterocycles. The van der Waals surface area contributed by atoms with E-state index in [0.29, 0.717) is 5.56 Å². The highest BCUT2D eigenvalue weighted by molar-refractivity contribution is 5.94. The summed E-state index contributed by atoms with van der Waals surface area (Å²) >= 11 is 0. The SMILES string of the molecule is O=C(CC(NC(=O)c1ccccc1)c1ccccc1)OCn1nnc2ccccc21. The number of esters is 1. The first-order chi connectivity index (χ1) is 14.7. The molecule has 1 N–H and O–H groups in total. The Morgan fingerprint density at radius 1 is 0.900 bits per heavy atom. The summed E-state index contributed by atoms with van der Waals surface area (Å²) in [5.41, 5.74) is 2.86. The molecule has 0 spiro atoms. The molecule has 1 heterocycles. The summed E-state index contributed by atoms with van der Waals surface area (Å²) < 4.78 is 6.93. The largest absolute Gasteiger partial charge is 0.442 e. The predicted molar refractivity (Wildman–Crippen MR) is 111 cm³/mol. The molecule has 1 atom stereocenters. The lowest BCUT2D eigenvalue weighted by atomic mass is 10.0. The number of fused-ring (bicyclic) bond motifs is 1. The Morgan fingerprint density at radius 3 is 2.33 bits per heavy atom. The van der Waals surface area contributed by atoms with Crippen molar-refractivity contribution in [2.45, 2.75) is 19.2 Å². The maximum atomic E-state index is 12.6. The summed E-state index contributed by atoms with van der Waals surface area (Å²) in [6.45, 7) is -0.0481. The third kappa shape index (κ3) is 4.52. The molecule has 0 radical (unpaired) electrons. The maximum Gasteiger partial charge on any atom is 0.310 e. The molecule has 0 saturated carbocycles. The van der Waals surface area contributed by atoms with Crippen molar-refractivity contribution in [2.75, 3.05) is 0 Å². The second kappa shape index (κ2) is 9.00. The second-order valence-corrected chi connectivity index (χ2v) is 6.73. The number of aromatic nitrogens is 3. The van der Waals surface area contributed by atoms with Crippen molar-refractivity contribution in [3.8, 4) is 0 Å². The molecule has 4 aromatic rings. The molecule has 0 bridgehead atoms. The molecule has 1 amide bonds. The van der Waals surface area contributed by atoms with E-state index in [1.165, 1.54) is 4.68 Å². The van der Waals surface area contributed by atoms with Crippen LogP contribution >= 0.6 is 0 Å². The van der Waals surface area contributed by atoms with E-state index in [9.17, 15) is 9.59 Å². The van der Waals surface area contributed by atoms with Crippen molar-refractivity contribution in [1.29, 1.82) is 0 Å². The molecular weight excluding hydrogens is 380 g/mol. The Balaban J connectivity index is 1.44. The van der Waals surface area contributed by atoms with Gasteiger partial charge in [-0.2, -0.15) is 0 Å². The fourth-order valence-corrected chi connectivity index (χ4v) is 3.14. The van der Waals surface area contributed by atoms with E-state index in [1.54, 1.807) is 24.3 Å². The molecule has 1 unspecified atom stereocenters. The van der Waals surface area contributed by atoms with E-state index >= 15 is 0 Å². The van der Waals surface area contributed by atoms with Gasteiger partial charge in [0.25, 0.3) is 5.91 Å². The molecule has 150 valence electrons. The van der Waals surface area contributed by atoms with Gasteiger partial charge in [-0.25, -0.2) is 4.68 Å². The molecule has 0 aliphatic carbocycles. The summed E-state index contributed by atoms with van der Waals surface area (Å²) in [5.74, 6) is -0.698. The third-order valence-electron chi connectivity index (χ3n) is 4.68. The van der Waals surface area contributed by atoms with E-state index in [2.05, 4.69) is 15.6 Å². The molecule has 7 heteroatoms. The van der Waals surface area contributed by atoms with Crippen LogP contribution in [0.5, 0.6) is 0 Å². The zero-order valence-electron chi connectivity index (χ0n) is 16.1. The van der Waals surface area contributed by atoms with Crippen LogP contribution in [0.4, 0.5) is 0 Å². The predicted octanol–water partition coefficient (Wildman–Crippen LogP) is 3.49. The van der Waals surface area contributed by atoms with Gasteiger partial charge in [0.2, 0.25) is 0 Å². The van der Waals surface area contributed by atoms with Gasteiger partial charge in [0, 0.05) is 5.56 Å². The number of carbonyl (C=O) groups excluding carboxylic acids is 2. The van der Waals surface area contributed by atoms with Crippen LogP contribution in [0.25, 0.3) is 11.0 Å². The Bertz CT molecular complexity index is 1140. The van der Waals surface area contributed by atoms with Crippen LogP contribution in [0, 0.1) is 0 Å². The Labute approximate surface area is 173 Å². The van der Waals surface area contributed by atoms with Gasteiger partial charge in [-0.3, -0.25) is 9.59 Å². The summed E-state index contributed by atoms with van der Waals surface area (Å²) in [4.78, 5) is 25.2. The topological polar surface area (TPSA) is 86.1 Å². The highest BCUT2D eigenvalue weighted by Crippen LogP contribution is 2.19. The first-order valence-corrected chi connectivity index (χ1v) is 9.55. The number of para-hydroxylation sites is 1. The molecule has 7 nitrogen and oxygen atoms in total. The van der Waals surface area contributed by atoms with Gasteiger partial charge in [-0.05, 0) is 29.8 Å². The van der Waals surface area contributed by atoms with Crippen LogP contribution in [0.1, 0.15) is 28.4 Å². The van der Waals surface area contributed by atoms with Crippen LogP contribution in [0.2, 0.25) is 0 Å². The standard InChI is InChI=1S/C23H20N4O3/c28-22(30-16-27-21-14-8-7-13-19(21)25-26-27)15-20(17-9-3-1-4-10-17)24-23(29)18-11-5-2-6-12-18/h1-14,20H,15-16H2,(H,24,29). The Kier molecular flexibility index (Phi) is 5.80. The summed E-state index contributed by atoms with van der Waals surface area (Å²) in [6.07, 6.45) is -0.00475. The van der Waals surface area contributed by atoms with Crippen LogP contribution in [-0.2, 0) is 16.3 Å². The minimum atomic E-state index is -0.515. The Hall–Kier alpha value is -4.00. The molecule has 1 aromatic heterocycles. The minimum Gasteiger partial charge on any atom is -0.442 e. The van der Waals surface area contributed by atoms with Gasteiger partial charge >= 0.3 is 5.97 Å². The number of nitrogens with one attached hydrogen (secondary N) is 1. The number of nitrogens with zero attached hydrogens (tertiary/aromatic N) is 3. The fraction of sp³-hybridized carbons (Fsp3) is 0.130. The van der Waals surface area contributed by atoms with Gasteiger partial charge < -0.3 is 10.1 Å². The van der Waals surface area contributed by atoms with Crippen LogP contribution in [0.3, 0.4) is 0 Å². The molecular formula is C23H20N4O3. The van der Waals surface area contributed by atoms with Crippen LogP contribution < -0.4 is 5.32 Å². The molecule has 0 aliphatic rings. The number of hydrogen-bond donors (Lipinski definition) is 1. The molecule has 4 rings (SSSR count). The van der Waals surface area contributed by atoms with Crippen molar-refractivity contribution >= 4 is 22.9 Å². The molecule has 0 fully saturated rings. The number of benzene rings is 3. The van der Waals surface area contributed by atoms with E-state index < -0.39 is 12.0 Å². The number of rotatable bonds is 7. The van der Waals surface area contributed by atoms with Crippen molar-refractivity contribution in [3.63, 3.8) is 0 Å². The summed E-state index contributed by atoms with van der Waals surface area (Å²) in [7, 11) is 0. The zero-order valence-corrected chi connectivity index (χ0v) is 16.1. The highest BCUT2D eigenvalue weighted by atomic mass is 16.5. The van der Waals surface area contributed by atoms with Gasteiger partial charge in [-0.15, -0.1) is 5.10 Å². The minimum absolute atomic E-state index is 0.00475. The second-order valence-electron chi connectivity index (χ2n) is 6.73. The lowest BCUT2D eigenvalue weighted by Gasteiger charge is -2.19. The fourth-order valence-electron chi connectivity index (χ4n) is 3.14. The van der Waals surface area contributed by atoms with Crippen LogP contribution in [-0.4, -0.2) is 26.9 Å². The quantitative estimate of drug-likeness (QED) is 0.480. The average molecular weight is 400 g/mol. The first-order valence-electron chi connectivity index (χ1n) is 9.55. The average Bonchev–Trinajstić information content (AvgIpc) is 3.21. The van der Waals surface area contributed by atoms with Gasteiger partial charge in [0.05, 0.1) is 18.0 Å². The maximum absolute atomic E-state index is 12.6. The lowest BCUT2D eigenvalue weighted by molar-refractivity contribution is -0.148. The zero-order chi connectivity index (χ0) is 20.8.